The number of nitrogens with two attached hydrogens (primary N) is 2. The van der Waals surface area contributed by atoms with Gasteiger partial charge in [-0.25, -0.2) is 0 Å². The molecule has 10 heavy (non-hydrogen) atoms. The van der Waals surface area contributed by atoms with Crippen LogP contribution in [0.15, 0.2) is 0 Å². The summed E-state index contributed by atoms with van der Waals surface area (Å²) in [7, 11) is 0. The molecule has 0 atom stereocenters. The summed E-state index contributed by atoms with van der Waals surface area (Å²) in [6.45, 7) is 2.17. The minimum Gasteiger partial charge on any atom is -0.303 e. The molecule has 0 bridgehead atoms. The van der Waals surface area contributed by atoms with E-state index in [-0.39, 0.29) is 0 Å². The maximum Gasteiger partial charge on any atom is 0.119 e. The molecule has 0 spiro atoms. The quantitative estimate of drug-likeness (QED) is 0.263. The molecule has 0 amide bonds. The third-order valence-electron chi connectivity index (χ3n) is 1.18. The zero-order valence-electron chi connectivity index (χ0n) is 6.68. The highest BCUT2D eigenvalue weighted by molar-refractivity contribution is 5.48. The Balaban J connectivity index is 0. The molecule has 62 valence electrons. The first-order chi connectivity index (χ1) is 4.91. The predicted molar refractivity (Wildman–Crippen MR) is 43.2 cm³/mol. The molecule has 0 saturated carbocycles. The van der Waals surface area contributed by atoms with E-state index in [1.807, 2.05) is 0 Å². The molecule has 0 saturated heterocycles. The smallest absolute Gasteiger partial charge is 0.119 e. The van der Waals surface area contributed by atoms with E-state index in [1.54, 1.807) is 0 Å². The monoisotopic (exact) mass is 146 g/mol. The van der Waals surface area contributed by atoms with Crippen molar-refractivity contribution < 1.29 is 4.79 Å². The minimum atomic E-state index is 0.750. The van der Waals surface area contributed by atoms with Gasteiger partial charge in [0.15, 0.2) is 0 Å². The van der Waals surface area contributed by atoms with Crippen molar-refractivity contribution >= 4 is 6.29 Å². The summed E-state index contributed by atoms with van der Waals surface area (Å²) in [6, 6.07) is 0. The zero-order valence-corrected chi connectivity index (χ0v) is 6.68. The molecule has 0 aromatic heterocycles. The maximum absolute atomic E-state index is 9.77. The second kappa shape index (κ2) is 15.8. The van der Waals surface area contributed by atoms with E-state index in [0.717, 1.165) is 19.1 Å². The van der Waals surface area contributed by atoms with Gasteiger partial charge in [-0.05, 0) is 6.42 Å². The standard InChI is InChI=1S/C7H14O.H4N2/c1-2-3-4-5-6-7-8;1-2/h7H,2-6H2,1H3;1-2H2. The summed E-state index contributed by atoms with van der Waals surface area (Å²) in [4.78, 5) is 9.77. The Bertz CT molecular complexity index is 57.6. The molecule has 3 nitrogen and oxygen atoms in total. The van der Waals surface area contributed by atoms with Gasteiger partial charge in [0.2, 0.25) is 0 Å². The first-order valence-corrected chi connectivity index (χ1v) is 3.68. The number of aldehydes is 1. The lowest BCUT2D eigenvalue weighted by Gasteiger charge is -1.90. The van der Waals surface area contributed by atoms with Gasteiger partial charge in [-0.15, -0.1) is 0 Å². The van der Waals surface area contributed by atoms with E-state index in [9.17, 15) is 4.79 Å². The highest BCUT2D eigenvalue weighted by Crippen LogP contribution is 1.99. The molecular formula is C7H18N2O. The van der Waals surface area contributed by atoms with Crippen LogP contribution in [0, 0.1) is 0 Å². The number of hydrogen-bond acceptors (Lipinski definition) is 3. The van der Waals surface area contributed by atoms with E-state index < -0.39 is 0 Å². The van der Waals surface area contributed by atoms with Crippen molar-refractivity contribution in [3.05, 3.63) is 0 Å². The average molecular weight is 146 g/mol. The topological polar surface area (TPSA) is 69.1 Å². The van der Waals surface area contributed by atoms with Crippen molar-refractivity contribution in [3.63, 3.8) is 0 Å². The van der Waals surface area contributed by atoms with E-state index in [1.165, 1.54) is 19.3 Å². The van der Waals surface area contributed by atoms with Crippen molar-refractivity contribution in [1.29, 1.82) is 0 Å². The fourth-order valence-corrected chi connectivity index (χ4v) is 0.654. The molecule has 0 radical (unpaired) electrons. The Morgan fingerprint density at radius 1 is 1.20 bits per heavy atom. The summed E-state index contributed by atoms with van der Waals surface area (Å²) in [5.41, 5.74) is 0. The first-order valence-electron chi connectivity index (χ1n) is 3.68. The third-order valence-corrected chi connectivity index (χ3v) is 1.18. The van der Waals surface area contributed by atoms with Gasteiger partial charge in [0, 0.05) is 6.42 Å². The number of hydrogen-bond donors (Lipinski definition) is 2. The Hall–Kier alpha value is -0.410. The molecule has 0 rings (SSSR count). The van der Waals surface area contributed by atoms with E-state index in [0.29, 0.717) is 0 Å². The second-order valence-electron chi connectivity index (χ2n) is 2.02. The molecular weight excluding hydrogens is 128 g/mol. The Labute approximate surface area is 62.7 Å². The van der Waals surface area contributed by atoms with Gasteiger partial charge in [0.1, 0.15) is 6.29 Å². The van der Waals surface area contributed by atoms with Crippen LogP contribution in [0.3, 0.4) is 0 Å². The number of unbranched alkanes of at least 4 members (excludes halogenated alkanes) is 4. The van der Waals surface area contributed by atoms with Crippen molar-refractivity contribution in [1.82, 2.24) is 0 Å². The van der Waals surface area contributed by atoms with Gasteiger partial charge >= 0.3 is 0 Å². The van der Waals surface area contributed by atoms with Crippen LogP contribution in [-0.2, 0) is 4.79 Å². The normalized spacial score (nSPS) is 7.90. The second-order valence-corrected chi connectivity index (χ2v) is 2.02. The highest BCUT2D eigenvalue weighted by atomic mass is 16.1. The SMILES string of the molecule is CCCCCCC=O.NN. The van der Waals surface area contributed by atoms with E-state index in [4.69, 9.17) is 0 Å². The molecule has 0 heterocycles. The molecule has 0 aromatic rings. The number of rotatable bonds is 5. The lowest BCUT2D eigenvalue weighted by Crippen LogP contribution is -2.02. The van der Waals surface area contributed by atoms with Crippen LogP contribution < -0.4 is 11.7 Å². The van der Waals surface area contributed by atoms with Crippen LogP contribution >= 0.6 is 0 Å². The summed E-state index contributed by atoms with van der Waals surface area (Å²) in [5.74, 6) is 8.00. The number of carbonyl (C=O) groups excluding carboxylic acids is 1. The summed E-state index contributed by atoms with van der Waals surface area (Å²) >= 11 is 0. The number of hydrazine groups is 1. The van der Waals surface area contributed by atoms with Gasteiger partial charge < -0.3 is 4.79 Å². The minimum absolute atomic E-state index is 0.750. The third kappa shape index (κ3) is 15.6. The van der Waals surface area contributed by atoms with Gasteiger partial charge in [-0.1, -0.05) is 26.2 Å². The van der Waals surface area contributed by atoms with Crippen LogP contribution in [-0.4, -0.2) is 6.29 Å². The molecule has 3 heteroatoms. The van der Waals surface area contributed by atoms with Crippen molar-refractivity contribution in [2.75, 3.05) is 0 Å². The van der Waals surface area contributed by atoms with Crippen LogP contribution in [0.4, 0.5) is 0 Å². The predicted octanol–water partition coefficient (Wildman–Crippen LogP) is 0.975. The summed E-state index contributed by atoms with van der Waals surface area (Å²) in [6.07, 6.45) is 6.56. The highest BCUT2D eigenvalue weighted by Gasteiger charge is 1.83. The van der Waals surface area contributed by atoms with Crippen LogP contribution in [0.5, 0.6) is 0 Å². The van der Waals surface area contributed by atoms with E-state index in [2.05, 4.69) is 18.6 Å². The first kappa shape index (κ1) is 12.3. The Morgan fingerprint density at radius 3 is 2.20 bits per heavy atom. The van der Waals surface area contributed by atoms with E-state index >= 15 is 0 Å². The van der Waals surface area contributed by atoms with Gasteiger partial charge in [0.05, 0.1) is 0 Å². The average Bonchev–Trinajstić information content (AvgIpc) is 2.02. The Kier molecular flexibility index (Phi) is 19.5. The van der Waals surface area contributed by atoms with Crippen LogP contribution in [0.1, 0.15) is 39.0 Å². The zero-order chi connectivity index (χ0) is 8.24. The molecule has 0 fully saturated rings. The van der Waals surface area contributed by atoms with Crippen molar-refractivity contribution in [2.45, 2.75) is 39.0 Å². The molecule has 0 aliphatic carbocycles. The molecule has 0 unspecified atom stereocenters. The van der Waals surface area contributed by atoms with Crippen LogP contribution in [0.25, 0.3) is 0 Å². The summed E-state index contributed by atoms with van der Waals surface area (Å²) in [5, 5.41) is 0. The fraction of sp³-hybridized carbons (Fsp3) is 0.857. The lowest BCUT2D eigenvalue weighted by molar-refractivity contribution is -0.107. The Morgan fingerprint density at radius 2 is 1.80 bits per heavy atom. The summed E-state index contributed by atoms with van der Waals surface area (Å²) < 4.78 is 0. The van der Waals surface area contributed by atoms with Crippen LogP contribution in [0.2, 0.25) is 0 Å². The van der Waals surface area contributed by atoms with Crippen molar-refractivity contribution in [3.8, 4) is 0 Å². The maximum atomic E-state index is 9.77. The molecule has 4 N–H and O–H groups in total. The number of carbonyl (C=O) groups is 1. The van der Waals surface area contributed by atoms with Crippen molar-refractivity contribution in [2.24, 2.45) is 11.7 Å². The van der Waals surface area contributed by atoms with Gasteiger partial charge in [-0.3, -0.25) is 11.7 Å². The lowest BCUT2D eigenvalue weighted by atomic mass is 10.2. The molecule has 0 aliphatic rings. The van der Waals surface area contributed by atoms with Gasteiger partial charge in [0.25, 0.3) is 0 Å². The largest absolute Gasteiger partial charge is 0.303 e. The van der Waals surface area contributed by atoms with Gasteiger partial charge in [-0.2, -0.15) is 0 Å². The molecule has 0 aromatic carbocycles. The fourth-order valence-electron chi connectivity index (χ4n) is 0.654. The molecule has 0 aliphatic heterocycles.